The molecule has 0 aliphatic carbocycles. The zero-order valence-electron chi connectivity index (χ0n) is 9.74. The summed E-state index contributed by atoms with van der Waals surface area (Å²) in [6.07, 6.45) is 2.81. The van der Waals surface area contributed by atoms with E-state index in [1.54, 1.807) is 0 Å². The Morgan fingerprint density at radius 3 is 2.93 bits per heavy atom. The molecule has 0 bridgehead atoms. The first kappa shape index (κ1) is 12.5. The Morgan fingerprint density at radius 2 is 2.40 bits per heavy atom. The lowest BCUT2D eigenvalue weighted by molar-refractivity contribution is -0.140. The van der Waals surface area contributed by atoms with Gasteiger partial charge >= 0.3 is 0 Å². The second-order valence-corrected chi connectivity index (χ2v) is 4.29. The first-order chi connectivity index (χ1) is 7.16. The molecule has 0 saturated carbocycles. The molecule has 2 unspecified atom stereocenters. The van der Waals surface area contributed by atoms with Gasteiger partial charge in [0.2, 0.25) is 5.91 Å². The SMILES string of the molecule is CC(CCN)N(C)C(=O)C1CCCOC1. The van der Waals surface area contributed by atoms with E-state index in [0.717, 1.165) is 25.9 Å². The fraction of sp³-hybridized carbons (Fsp3) is 0.909. The Hall–Kier alpha value is -0.610. The quantitative estimate of drug-likeness (QED) is 0.746. The number of amides is 1. The summed E-state index contributed by atoms with van der Waals surface area (Å²) in [5.41, 5.74) is 5.48. The Bertz CT molecular complexity index is 203. The summed E-state index contributed by atoms with van der Waals surface area (Å²) >= 11 is 0. The van der Waals surface area contributed by atoms with Gasteiger partial charge in [0.25, 0.3) is 0 Å². The molecule has 2 N–H and O–H groups in total. The molecule has 0 aromatic rings. The van der Waals surface area contributed by atoms with E-state index in [9.17, 15) is 4.79 Å². The van der Waals surface area contributed by atoms with Crippen LogP contribution in [-0.4, -0.2) is 43.7 Å². The van der Waals surface area contributed by atoms with E-state index in [4.69, 9.17) is 10.5 Å². The van der Waals surface area contributed by atoms with Crippen LogP contribution in [0.15, 0.2) is 0 Å². The van der Waals surface area contributed by atoms with Crippen molar-refractivity contribution in [1.82, 2.24) is 4.90 Å². The smallest absolute Gasteiger partial charge is 0.227 e. The van der Waals surface area contributed by atoms with Crippen molar-refractivity contribution in [2.24, 2.45) is 11.7 Å². The van der Waals surface area contributed by atoms with Gasteiger partial charge in [-0.15, -0.1) is 0 Å². The molecule has 1 rings (SSSR count). The standard InChI is InChI=1S/C11H22N2O2/c1-9(5-6-12)13(2)11(14)10-4-3-7-15-8-10/h9-10H,3-8,12H2,1-2H3. The Morgan fingerprint density at radius 1 is 1.67 bits per heavy atom. The van der Waals surface area contributed by atoms with E-state index in [0.29, 0.717) is 13.2 Å². The average Bonchev–Trinajstić information content (AvgIpc) is 2.28. The van der Waals surface area contributed by atoms with Crippen LogP contribution < -0.4 is 5.73 Å². The highest BCUT2D eigenvalue weighted by atomic mass is 16.5. The third-order valence-corrected chi connectivity index (χ3v) is 3.10. The number of rotatable bonds is 4. The number of hydrogen-bond acceptors (Lipinski definition) is 3. The molecule has 15 heavy (non-hydrogen) atoms. The first-order valence-electron chi connectivity index (χ1n) is 5.71. The summed E-state index contributed by atoms with van der Waals surface area (Å²) < 4.78 is 5.32. The normalized spacial score (nSPS) is 23.5. The van der Waals surface area contributed by atoms with Gasteiger partial charge in [-0.25, -0.2) is 0 Å². The van der Waals surface area contributed by atoms with Gasteiger partial charge in [0.15, 0.2) is 0 Å². The summed E-state index contributed by atoms with van der Waals surface area (Å²) in [5.74, 6) is 0.264. The zero-order valence-corrected chi connectivity index (χ0v) is 9.74. The molecular formula is C11H22N2O2. The third-order valence-electron chi connectivity index (χ3n) is 3.10. The molecule has 0 spiro atoms. The average molecular weight is 214 g/mol. The molecule has 4 heteroatoms. The summed E-state index contributed by atoms with van der Waals surface area (Å²) in [5, 5.41) is 0. The predicted molar refractivity (Wildman–Crippen MR) is 59.4 cm³/mol. The monoisotopic (exact) mass is 214 g/mol. The van der Waals surface area contributed by atoms with Crippen LogP contribution in [0.25, 0.3) is 0 Å². The highest BCUT2D eigenvalue weighted by Crippen LogP contribution is 2.17. The lowest BCUT2D eigenvalue weighted by Crippen LogP contribution is -2.42. The van der Waals surface area contributed by atoms with Crippen molar-refractivity contribution < 1.29 is 9.53 Å². The number of carbonyl (C=O) groups excluding carboxylic acids is 1. The Kier molecular flexibility index (Phi) is 5.05. The summed E-state index contributed by atoms with van der Waals surface area (Å²) in [4.78, 5) is 13.8. The van der Waals surface area contributed by atoms with Crippen molar-refractivity contribution in [3.05, 3.63) is 0 Å². The molecule has 1 aliphatic heterocycles. The van der Waals surface area contributed by atoms with Crippen LogP contribution >= 0.6 is 0 Å². The van der Waals surface area contributed by atoms with Crippen molar-refractivity contribution in [3.63, 3.8) is 0 Å². The molecule has 1 aliphatic rings. The van der Waals surface area contributed by atoms with Gasteiger partial charge in [-0.1, -0.05) is 0 Å². The minimum absolute atomic E-state index is 0.0592. The van der Waals surface area contributed by atoms with Crippen molar-refractivity contribution >= 4 is 5.91 Å². The third kappa shape index (κ3) is 3.47. The van der Waals surface area contributed by atoms with Crippen LogP contribution in [0.4, 0.5) is 0 Å². The fourth-order valence-corrected chi connectivity index (χ4v) is 1.88. The van der Waals surface area contributed by atoms with Crippen LogP contribution in [0, 0.1) is 5.92 Å². The largest absolute Gasteiger partial charge is 0.381 e. The van der Waals surface area contributed by atoms with E-state index in [1.807, 2.05) is 18.9 Å². The van der Waals surface area contributed by atoms with Crippen LogP contribution in [0.2, 0.25) is 0 Å². The van der Waals surface area contributed by atoms with Crippen molar-refractivity contribution in [3.8, 4) is 0 Å². The van der Waals surface area contributed by atoms with Gasteiger partial charge in [-0.3, -0.25) is 4.79 Å². The van der Waals surface area contributed by atoms with Crippen LogP contribution in [0.5, 0.6) is 0 Å². The Labute approximate surface area is 91.8 Å². The second-order valence-electron chi connectivity index (χ2n) is 4.29. The fourth-order valence-electron chi connectivity index (χ4n) is 1.88. The maximum atomic E-state index is 12.0. The number of nitrogens with two attached hydrogens (primary N) is 1. The van der Waals surface area contributed by atoms with Crippen molar-refractivity contribution in [1.29, 1.82) is 0 Å². The van der Waals surface area contributed by atoms with Crippen LogP contribution in [-0.2, 0) is 9.53 Å². The molecular weight excluding hydrogens is 192 g/mol. The first-order valence-corrected chi connectivity index (χ1v) is 5.71. The lowest BCUT2D eigenvalue weighted by atomic mass is 10.00. The van der Waals surface area contributed by atoms with Crippen molar-refractivity contribution in [2.75, 3.05) is 26.8 Å². The summed E-state index contributed by atoms with van der Waals surface area (Å²) in [7, 11) is 1.86. The second kappa shape index (κ2) is 6.08. The molecule has 0 radical (unpaired) electrons. The molecule has 88 valence electrons. The van der Waals surface area contributed by atoms with Gasteiger partial charge < -0.3 is 15.4 Å². The van der Waals surface area contributed by atoms with Crippen LogP contribution in [0.3, 0.4) is 0 Å². The maximum absolute atomic E-state index is 12.0. The number of carbonyl (C=O) groups is 1. The zero-order chi connectivity index (χ0) is 11.3. The minimum atomic E-state index is 0.0592. The minimum Gasteiger partial charge on any atom is -0.381 e. The highest BCUT2D eigenvalue weighted by molar-refractivity contribution is 5.79. The van der Waals surface area contributed by atoms with Gasteiger partial charge in [0.1, 0.15) is 0 Å². The number of nitrogens with zero attached hydrogens (tertiary/aromatic N) is 1. The summed E-state index contributed by atoms with van der Waals surface area (Å²) in [6, 6.07) is 0.226. The van der Waals surface area contributed by atoms with E-state index in [-0.39, 0.29) is 17.9 Å². The van der Waals surface area contributed by atoms with E-state index in [1.165, 1.54) is 0 Å². The molecule has 1 fully saturated rings. The number of hydrogen-bond donors (Lipinski definition) is 1. The van der Waals surface area contributed by atoms with Gasteiger partial charge in [0.05, 0.1) is 12.5 Å². The predicted octanol–water partition coefficient (Wildman–Crippen LogP) is 0.609. The lowest BCUT2D eigenvalue weighted by Gasteiger charge is -2.30. The number of ether oxygens (including phenoxy) is 1. The highest BCUT2D eigenvalue weighted by Gasteiger charge is 2.26. The van der Waals surface area contributed by atoms with Crippen LogP contribution in [0.1, 0.15) is 26.2 Å². The molecule has 0 aromatic carbocycles. The molecule has 1 heterocycles. The summed E-state index contributed by atoms with van der Waals surface area (Å²) in [6.45, 7) is 4.04. The van der Waals surface area contributed by atoms with Crippen molar-refractivity contribution in [2.45, 2.75) is 32.2 Å². The van der Waals surface area contributed by atoms with Gasteiger partial charge in [-0.05, 0) is 32.7 Å². The molecule has 4 nitrogen and oxygen atoms in total. The molecule has 0 aromatic heterocycles. The molecule has 1 saturated heterocycles. The van der Waals surface area contributed by atoms with E-state index < -0.39 is 0 Å². The molecule has 1 amide bonds. The van der Waals surface area contributed by atoms with E-state index in [2.05, 4.69) is 0 Å². The Balaban J connectivity index is 2.43. The van der Waals surface area contributed by atoms with E-state index >= 15 is 0 Å². The van der Waals surface area contributed by atoms with Gasteiger partial charge in [0, 0.05) is 19.7 Å². The molecule has 2 atom stereocenters. The maximum Gasteiger partial charge on any atom is 0.227 e. The van der Waals surface area contributed by atoms with Gasteiger partial charge in [-0.2, -0.15) is 0 Å². The topological polar surface area (TPSA) is 55.6 Å².